The van der Waals surface area contributed by atoms with Gasteiger partial charge < -0.3 is 10.9 Å². The zero-order chi connectivity index (χ0) is 13.8. The molecular formula is C12H9F2N3OS. The lowest BCUT2D eigenvalue weighted by Crippen LogP contribution is -2.14. The highest BCUT2D eigenvalue weighted by molar-refractivity contribution is 7.99. The monoisotopic (exact) mass is 281 g/mol. The van der Waals surface area contributed by atoms with Crippen molar-refractivity contribution in [3.63, 3.8) is 0 Å². The number of hydrogen-bond donors (Lipinski definition) is 2. The van der Waals surface area contributed by atoms with Crippen LogP contribution in [-0.4, -0.2) is 16.0 Å². The van der Waals surface area contributed by atoms with Gasteiger partial charge in [-0.25, -0.2) is 8.78 Å². The standard InChI is InChI=1S/C12H9F2N3OS/c13-9-2-1-7(5-10(9)14)19-8-3-4-16-11(6-8)12(15)17-18/h1-6,18H,(H2,15,17). The highest BCUT2D eigenvalue weighted by Crippen LogP contribution is 2.28. The smallest absolute Gasteiger partial charge is 0.188 e. The third kappa shape index (κ3) is 3.19. The summed E-state index contributed by atoms with van der Waals surface area (Å²) in [4.78, 5) is 5.17. The third-order valence-electron chi connectivity index (χ3n) is 2.23. The minimum atomic E-state index is -0.907. The molecule has 0 saturated carbocycles. The first-order valence-corrected chi connectivity index (χ1v) is 5.98. The lowest BCUT2D eigenvalue weighted by Gasteiger charge is -2.04. The van der Waals surface area contributed by atoms with Crippen molar-refractivity contribution in [2.45, 2.75) is 9.79 Å². The van der Waals surface area contributed by atoms with Gasteiger partial charge in [0, 0.05) is 16.0 Å². The van der Waals surface area contributed by atoms with Crippen LogP contribution in [0.4, 0.5) is 8.78 Å². The molecule has 0 saturated heterocycles. The second kappa shape index (κ2) is 5.66. The van der Waals surface area contributed by atoms with Gasteiger partial charge in [0.2, 0.25) is 0 Å². The fraction of sp³-hybridized carbons (Fsp3) is 0. The first-order valence-electron chi connectivity index (χ1n) is 5.17. The highest BCUT2D eigenvalue weighted by atomic mass is 32.2. The summed E-state index contributed by atoms with van der Waals surface area (Å²) in [6, 6.07) is 6.89. The zero-order valence-corrected chi connectivity index (χ0v) is 10.4. The Labute approximate surface area is 112 Å². The Morgan fingerprint density at radius 3 is 2.58 bits per heavy atom. The molecular weight excluding hydrogens is 272 g/mol. The number of halogens is 2. The first-order chi connectivity index (χ1) is 9.10. The van der Waals surface area contributed by atoms with Gasteiger partial charge in [-0.05, 0) is 30.3 Å². The number of benzene rings is 1. The van der Waals surface area contributed by atoms with Crippen LogP contribution in [0.15, 0.2) is 51.5 Å². The summed E-state index contributed by atoms with van der Waals surface area (Å²) in [6.45, 7) is 0. The number of nitrogens with zero attached hydrogens (tertiary/aromatic N) is 2. The molecule has 98 valence electrons. The van der Waals surface area contributed by atoms with Crippen LogP contribution < -0.4 is 5.73 Å². The largest absolute Gasteiger partial charge is 0.409 e. The Hall–Kier alpha value is -2.15. The maximum absolute atomic E-state index is 13.1. The van der Waals surface area contributed by atoms with Gasteiger partial charge in [-0.15, -0.1) is 0 Å². The Balaban J connectivity index is 2.26. The molecule has 0 aliphatic heterocycles. The third-order valence-corrected chi connectivity index (χ3v) is 3.21. The van der Waals surface area contributed by atoms with Crippen molar-refractivity contribution in [2.75, 3.05) is 0 Å². The fourth-order valence-corrected chi connectivity index (χ4v) is 2.21. The van der Waals surface area contributed by atoms with Crippen molar-refractivity contribution in [3.05, 3.63) is 53.9 Å². The number of nitrogens with two attached hydrogens (primary N) is 1. The number of hydrogen-bond acceptors (Lipinski definition) is 4. The maximum atomic E-state index is 13.1. The lowest BCUT2D eigenvalue weighted by molar-refractivity contribution is 0.318. The van der Waals surface area contributed by atoms with E-state index in [-0.39, 0.29) is 5.84 Å². The molecule has 1 heterocycles. The number of oxime groups is 1. The number of amidine groups is 1. The molecule has 1 aromatic heterocycles. The molecule has 19 heavy (non-hydrogen) atoms. The SMILES string of the molecule is NC(=NO)c1cc(Sc2ccc(F)c(F)c2)ccn1. The molecule has 4 nitrogen and oxygen atoms in total. The second-order valence-corrected chi connectivity index (χ2v) is 4.69. The van der Waals surface area contributed by atoms with Gasteiger partial charge in [0.05, 0.1) is 0 Å². The predicted octanol–water partition coefficient (Wildman–Crippen LogP) is 2.61. The summed E-state index contributed by atoms with van der Waals surface area (Å²) < 4.78 is 25.9. The molecule has 0 radical (unpaired) electrons. The van der Waals surface area contributed by atoms with Crippen LogP contribution >= 0.6 is 11.8 Å². The van der Waals surface area contributed by atoms with Crippen molar-refractivity contribution < 1.29 is 14.0 Å². The summed E-state index contributed by atoms with van der Waals surface area (Å²) in [5.74, 6) is -1.92. The van der Waals surface area contributed by atoms with Gasteiger partial charge in [0.1, 0.15) is 5.69 Å². The fourth-order valence-electron chi connectivity index (χ4n) is 1.34. The zero-order valence-electron chi connectivity index (χ0n) is 9.55. The Kier molecular flexibility index (Phi) is 3.96. The molecule has 2 aromatic rings. The summed E-state index contributed by atoms with van der Waals surface area (Å²) in [6.07, 6.45) is 1.48. The van der Waals surface area contributed by atoms with Gasteiger partial charge in [-0.3, -0.25) is 4.98 Å². The quantitative estimate of drug-likeness (QED) is 0.392. The summed E-state index contributed by atoms with van der Waals surface area (Å²) in [5.41, 5.74) is 5.72. The van der Waals surface area contributed by atoms with Crippen molar-refractivity contribution in [3.8, 4) is 0 Å². The first kappa shape index (κ1) is 13.3. The molecule has 3 N–H and O–H groups in total. The van der Waals surface area contributed by atoms with Crippen LogP contribution in [-0.2, 0) is 0 Å². The van der Waals surface area contributed by atoms with Crippen LogP contribution in [0, 0.1) is 11.6 Å². The van der Waals surface area contributed by atoms with E-state index < -0.39 is 11.6 Å². The topological polar surface area (TPSA) is 71.5 Å². The van der Waals surface area contributed by atoms with Crippen LogP contribution in [0.2, 0.25) is 0 Å². The number of aromatic nitrogens is 1. The van der Waals surface area contributed by atoms with E-state index >= 15 is 0 Å². The van der Waals surface area contributed by atoms with Gasteiger partial charge >= 0.3 is 0 Å². The minimum absolute atomic E-state index is 0.118. The average Bonchev–Trinajstić information content (AvgIpc) is 2.42. The molecule has 7 heteroatoms. The van der Waals surface area contributed by atoms with E-state index in [1.54, 1.807) is 12.1 Å². The summed E-state index contributed by atoms with van der Waals surface area (Å²) in [7, 11) is 0. The van der Waals surface area contributed by atoms with E-state index in [2.05, 4.69) is 10.1 Å². The van der Waals surface area contributed by atoms with Crippen molar-refractivity contribution in [2.24, 2.45) is 10.9 Å². The van der Waals surface area contributed by atoms with Crippen LogP contribution in [0.1, 0.15) is 5.69 Å². The van der Waals surface area contributed by atoms with Gasteiger partial charge in [0.25, 0.3) is 0 Å². The maximum Gasteiger partial charge on any atom is 0.188 e. The summed E-state index contributed by atoms with van der Waals surface area (Å²) in [5, 5.41) is 11.4. The normalized spacial score (nSPS) is 11.6. The molecule has 0 bridgehead atoms. The molecule has 0 aliphatic rings. The highest BCUT2D eigenvalue weighted by Gasteiger charge is 2.06. The molecule has 2 rings (SSSR count). The van der Waals surface area contributed by atoms with E-state index in [1.165, 1.54) is 24.0 Å². The molecule has 0 aliphatic carbocycles. The average molecular weight is 281 g/mol. The van der Waals surface area contributed by atoms with E-state index in [4.69, 9.17) is 10.9 Å². The van der Waals surface area contributed by atoms with Crippen LogP contribution in [0.25, 0.3) is 0 Å². The number of pyridine rings is 1. The minimum Gasteiger partial charge on any atom is -0.409 e. The summed E-state index contributed by atoms with van der Waals surface area (Å²) >= 11 is 1.21. The van der Waals surface area contributed by atoms with E-state index in [0.29, 0.717) is 15.5 Å². The Morgan fingerprint density at radius 1 is 1.16 bits per heavy atom. The van der Waals surface area contributed by atoms with Gasteiger partial charge in [-0.1, -0.05) is 16.9 Å². The van der Waals surface area contributed by atoms with Gasteiger partial charge in [0.15, 0.2) is 17.5 Å². The Bertz CT molecular complexity index is 634. The van der Waals surface area contributed by atoms with Crippen LogP contribution in [0.3, 0.4) is 0 Å². The molecule has 0 amide bonds. The van der Waals surface area contributed by atoms with E-state index in [0.717, 1.165) is 12.1 Å². The van der Waals surface area contributed by atoms with E-state index in [1.807, 2.05) is 0 Å². The Morgan fingerprint density at radius 2 is 1.89 bits per heavy atom. The number of rotatable bonds is 3. The van der Waals surface area contributed by atoms with Gasteiger partial charge in [-0.2, -0.15) is 0 Å². The molecule has 0 atom stereocenters. The van der Waals surface area contributed by atoms with E-state index in [9.17, 15) is 8.78 Å². The van der Waals surface area contributed by atoms with Crippen molar-refractivity contribution >= 4 is 17.6 Å². The molecule has 0 fully saturated rings. The molecule has 0 spiro atoms. The molecule has 1 aromatic carbocycles. The van der Waals surface area contributed by atoms with Crippen molar-refractivity contribution in [1.29, 1.82) is 0 Å². The molecule has 0 unspecified atom stereocenters. The lowest BCUT2D eigenvalue weighted by atomic mass is 10.3. The van der Waals surface area contributed by atoms with Crippen molar-refractivity contribution in [1.82, 2.24) is 4.98 Å². The predicted molar refractivity (Wildman–Crippen MR) is 67.2 cm³/mol. The second-order valence-electron chi connectivity index (χ2n) is 3.54. The van der Waals surface area contributed by atoms with Crippen LogP contribution in [0.5, 0.6) is 0 Å².